The fourth-order valence-corrected chi connectivity index (χ4v) is 3.05. The maximum atomic E-state index is 12.8. The molecule has 23 heavy (non-hydrogen) atoms. The quantitative estimate of drug-likeness (QED) is 0.901. The molecule has 2 aromatic rings. The summed E-state index contributed by atoms with van der Waals surface area (Å²) in [5.41, 5.74) is 1.89. The molecule has 1 aromatic carbocycles. The van der Waals surface area contributed by atoms with Crippen LogP contribution in [-0.4, -0.2) is 51.3 Å². The van der Waals surface area contributed by atoms with E-state index < -0.39 is 6.10 Å². The van der Waals surface area contributed by atoms with E-state index in [0.717, 1.165) is 11.3 Å². The lowest BCUT2D eigenvalue weighted by Gasteiger charge is -2.23. The van der Waals surface area contributed by atoms with Gasteiger partial charge in [-0.3, -0.25) is 9.78 Å². The smallest absolute Gasteiger partial charge is 0.255 e. The van der Waals surface area contributed by atoms with Crippen LogP contribution < -0.4 is 0 Å². The molecule has 2 atom stereocenters. The van der Waals surface area contributed by atoms with Crippen LogP contribution in [0.15, 0.2) is 42.6 Å². The number of hydrogen-bond acceptors (Lipinski definition) is 4. The summed E-state index contributed by atoms with van der Waals surface area (Å²) < 4.78 is 0. The van der Waals surface area contributed by atoms with Crippen molar-refractivity contribution in [1.29, 1.82) is 0 Å². The number of aliphatic hydroxyl groups is 2. The summed E-state index contributed by atoms with van der Waals surface area (Å²) >= 11 is 6.19. The second-order valence-electron chi connectivity index (χ2n) is 5.59. The van der Waals surface area contributed by atoms with E-state index >= 15 is 0 Å². The van der Waals surface area contributed by atoms with Crippen molar-refractivity contribution in [3.8, 4) is 11.3 Å². The minimum absolute atomic E-state index is 0.180. The largest absolute Gasteiger partial charge is 0.394 e. The Labute approximate surface area is 139 Å². The highest BCUT2D eigenvalue weighted by molar-refractivity contribution is 6.34. The zero-order chi connectivity index (χ0) is 16.4. The average Bonchev–Trinajstić information content (AvgIpc) is 2.96. The highest BCUT2D eigenvalue weighted by Gasteiger charge is 2.35. The topological polar surface area (TPSA) is 73.7 Å². The highest BCUT2D eigenvalue weighted by atomic mass is 35.5. The second kappa shape index (κ2) is 6.66. The fourth-order valence-electron chi connectivity index (χ4n) is 2.85. The first-order valence-corrected chi connectivity index (χ1v) is 7.79. The number of benzene rings is 1. The summed E-state index contributed by atoms with van der Waals surface area (Å²) in [4.78, 5) is 18.5. The van der Waals surface area contributed by atoms with Crippen molar-refractivity contribution in [2.75, 3.05) is 13.2 Å². The average molecular weight is 333 g/mol. The molecule has 0 aliphatic carbocycles. The summed E-state index contributed by atoms with van der Waals surface area (Å²) in [6.07, 6.45) is 1.44. The van der Waals surface area contributed by atoms with Gasteiger partial charge in [-0.05, 0) is 30.7 Å². The Hall–Kier alpha value is -1.95. The van der Waals surface area contributed by atoms with Gasteiger partial charge in [-0.2, -0.15) is 0 Å². The summed E-state index contributed by atoms with van der Waals surface area (Å²) in [6.45, 7) is 0.0224. The Morgan fingerprint density at radius 1 is 1.35 bits per heavy atom. The van der Waals surface area contributed by atoms with Crippen LogP contribution in [0.4, 0.5) is 0 Å². The lowest BCUT2D eigenvalue weighted by Crippen LogP contribution is -2.38. The molecule has 6 heteroatoms. The number of pyridine rings is 1. The van der Waals surface area contributed by atoms with Crippen LogP contribution in [0.3, 0.4) is 0 Å². The fraction of sp³-hybridized carbons (Fsp3) is 0.294. The van der Waals surface area contributed by atoms with E-state index in [-0.39, 0.29) is 25.1 Å². The molecule has 0 radical (unpaired) electrons. The number of carbonyl (C=O) groups excluding carboxylic acids is 1. The van der Waals surface area contributed by atoms with Crippen LogP contribution in [0.25, 0.3) is 11.3 Å². The second-order valence-corrected chi connectivity index (χ2v) is 6.00. The van der Waals surface area contributed by atoms with E-state index in [2.05, 4.69) is 4.98 Å². The number of rotatable bonds is 3. The van der Waals surface area contributed by atoms with E-state index in [9.17, 15) is 15.0 Å². The number of aromatic nitrogens is 1. The third-order valence-corrected chi connectivity index (χ3v) is 4.35. The van der Waals surface area contributed by atoms with Gasteiger partial charge in [0.1, 0.15) is 0 Å². The normalized spacial score (nSPS) is 20.7. The first-order valence-electron chi connectivity index (χ1n) is 7.41. The van der Waals surface area contributed by atoms with Crippen molar-refractivity contribution in [2.45, 2.75) is 18.6 Å². The van der Waals surface area contributed by atoms with Crippen molar-refractivity contribution < 1.29 is 15.0 Å². The molecule has 1 amide bonds. The van der Waals surface area contributed by atoms with Crippen LogP contribution in [0.1, 0.15) is 16.8 Å². The molecule has 0 saturated carbocycles. The third kappa shape index (κ3) is 3.22. The van der Waals surface area contributed by atoms with Crippen LogP contribution in [0, 0.1) is 0 Å². The van der Waals surface area contributed by atoms with Gasteiger partial charge >= 0.3 is 0 Å². The third-order valence-electron chi connectivity index (χ3n) is 4.02. The van der Waals surface area contributed by atoms with Crippen LogP contribution in [0.5, 0.6) is 0 Å². The molecule has 2 heterocycles. The van der Waals surface area contributed by atoms with Gasteiger partial charge in [-0.1, -0.05) is 23.7 Å². The zero-order valence-electron chi connectivity index (χ0n) is 12.4. The molecule has 3 rings (SSSR count). The first-order chi connectivity index (χ1) is 11.1. The van der Waals surface area contributed by atoms with E-state index in [1.165, 1.54) is 4.90 Å². The van der Waals surface area contributed by atoms with Gasteiger partial charge in [-0.25, -0.2) is 0 Å². The van der Waals surface area contributed by atoms with E-state index in [1.807, 2.05) is 24.3 Å². The predicted octanol–water partition coefficient (Wildman–Crippen LogP) is 1.97. The lowest BCUT2D eigenvalue weighted by molar-refractivity contribution is 0.0665. The van der Waals surface area contributed by atoms with Crippen LogP contribution in [-0.2, 0) is 0 Å². The maximum absolute atomic E-state index is 12.8. The molecular weight excluding hydrogens is 316 g/mol. The summed E-state index contributed by atoms with van der Waals surface area (Å²) in [6, 6.07) is 10.3. The molecule has 0 spiro atoms. The first kappa shape index (κ1) is 15.9. The Kier molecular flexibility index (Phi) is 4.61. The minimum Gasteiger partial charge on any atom is -0.394 e. The van der Waals surface area contributed by atoms with Crippen LogP contribution >= 0.6 is 11.6 Å². The van der Waals surface area contributed by atoms with Crippen molar-refractivity contribution in [2.24, 2.45) is 0 Å². The highest BCUT2D eigenvalue weighted by Crippen LogP contribution is 2.27. The van der Waals surface area contributed by atoms with Gasteiger partial charge in [0.25, 0.3) is 5.91 Å². The van der Waals surface area contributed by atoms with Gasteiger partial charge in [0.2, 0.25) is 0 Å². The zero-order valence-corrected chi connectivity index (χ0v) is 13.1. The van der Waals surface area contributed by atoms with Gasteiger partial charge in [0.15, 0.2) is 0 Å². The Bertz CT molecular complexity index is 708. The monoisotopic (exact) mass is 332 g/mol. The molecule has 120 valence electrons. The Balaban J connectivity index is 1.94. The summed E-state index contributed by atoms with van der Waals surface area (Å²) in [5.74, 6) is -0.289. The summed E-state index contributed by atoms with van der Waals surface area (Å²) in [5, 5.41) is 19.5. The molecular formula is C17H17ClN2O3. The number of nitrogens with zero attached hydrogens (tertiary/aromatic N) is 2. The number of β-amino-alcohol motifs (C(OH)–C–C–N with tert-alkyl or cyclic N) is 1. The predicted molar refractivity (Wildman–Crippen MR) is 87.2 cm³/mol. The molecule has 1 aliphatic heterocycles. The number of halogens is 1. The number of hydrogen-bond donors (Lipinski definition) is 2. The Morgan fingerprint density at radius 2 is 2.17 bits per heavy atom. The minimum atomic E-state index is -0.617. The van der Waals surface area contributed by atoms with E-state index in [1.54, 1.807) is 18.3 Å². The van der Waals surface area contributed by atoms with Gasteiger partial charge < -0.3 is 15.1 Å². The molecule has 1 aromatic heterocycles. The van der Waals surface area contributed by atoms with E-state index in [0.29, 0.717) is 17.0 Å². The molecule has 0 bridgehead atoms. The maximum Gasteiger partial charge on any atom is 0.255 e. The number of aliphatic hydroxyl groups excluding tert-OH is 2. The lowest BCUT2D eigenvalue weighted by atomic mass is 10.1. The summed E-state index contributed by atoms with van der Waals surface area (Å²) in [7, 11) is 0. The number of amides is 1. The standard InChI is InChI=1S/C17H17ClN2O3/c18-15-5-4-11(16-3-1-2-6-19-16)7-14(15)17(23)20-9-13(22)8-12(20)10-21/h1-7,12-13,21-22H,8-10H2/t12-,13-/m0/s1. The van der Waals surface area contributed by atoms with Crippen molar-refractivity contribution in [1.82, 2.24) is 9.88 Å². The molecule has 1 aliphatic rings. The molecule has 1 fully saturated rings. The SMILES string of the molecule is O=C(c1cc(-c2ccccn2)ccc1Cl)N1C[C@@H](O)C[C@H]1CO. The van der Waals surface area contributed by atoms with Crippen molar-refractivity contribution in [3.63, 3.8) is 0 Å². The number of likely N-dealkylation sites (tertiary alicyclic amines) is 1. The van der Waals surface area contributed by atoms with Gasteiger partial charge in [0.05, 0.1) is 35.0 Å². The molecule has 2 N–H and O–H groups in total. The van der Waals surface area contributed by atoms with Gasteiger partial charge in [0, 0.05) is 18.3 Å². The molecule has 0 unspecified atom stereocenters. The van der Waals surface area contributed by atoms with Crippen molar-refractivity contribution in [3.05, 3.63) is 53.2 Å². The number of carbonyl (C=O) groups is 1. The van der Waals surface area contributed by atoms with Gasteiger partial charge in [-0.15, -0.1) is 0 Å². The van der Waals surface area contributed by atoms with E-state index in [4.69, 9.17) is 11.6 Å². The molecule has 5 nitrogen and oxygen atoms in total. The Morgan fingerprint density at radius 3 is 2.87 bits per heavy atom. The van der Waals surface area contributed by atoms with Crippen LogP contribution in [0.2, 0.25) is 5.02 Å². The molecule has 1 saturated heterocycles. The van der Waals surface area contributed by atoms with Crippen molar-refractivity contribution >= 4 is 17.5 Å².